The van der Waals surface area contributed by atoms with Crippen LogP contribution in [-0.4, -0.2) is 26.9 Å². The molecule has 0 aromatic heterocycles. The van der Waals surface area contributed by atoms with Gasteiger partial charge >= 0.3 is 6.18 Å². The molecule has 0 heterocycles. The van der Waals surface area contributed by atoms with Crippen molar-refractivity contribution in [3.63, 3.8) is 0 Å². The van der Waals surface area contributed by atoms with Gasteiger partial charge in [-0.15, -0.1) is 0 Å². The van der Waals surface area contributed by atoms with Crippen molar-refractivity contribution in [3.8, 4) is 0 Å². The summed E-state index contributed by atoms with van der Waals surface area (Å²) in [6, 6.07) is 1.60. The molecule has 25 heavy (non-hydrogen) atoms. The van der Waals surface area contributed by atoms with Gasteiger partial charge in [0.15, 0.2) is 0 Å². The lowest BCUT2D eigenvalue weighted by atomic mass is 10.2. The summed E-state index contributed by atoms with van der Waals surface area (Å²) in [5.41, 5.74) is -1.83. The molecule has 1 aromatic rings. The summed E-state index contributed by atoms with van der Waals surface area (Å²) in [4.78, 5) is 0. The number of ether oxygens (including phenoxy) is 1. The van der Waals surface area contributed by atoms with Gasteiger partial charge in [-0.1, -0.05) is 19.8 Å². The lowest BCUT2D eigenvalue weighted by Gasteiger charge is -2.17. The second-order valence-corrected chi connectivity index (χ2v) is 8.19. The molecule has 1 N–H and O–H groups in total. The number of rotatable bonds is 7. The van der Waals surface area contributed by atoms with Crippen LogP contribution in [0.4, 0.5) is 23.2 Å². The SMILES string of the molecule is C[C@@H](COC1CCCC1)CS(=O)(=O)Nc1cc(C(F)(F)F)ccc1F. The molecule has 1 aliphatic carbocycles. The Morgan fingerprint density at radius 1 is 1.28 bits per heavy atom. The zero-order valence-corrected chi connectivity index (χ0v) is 14.6. The van der Waals surface area contributed by atoms with Crippen molar-refractivity contribution in [1.82, 2.24) is 0 Å². The number of sulfonamides is 1. The van der Waals surface area contributed by atoms with Gasteiger partial charge in [-0.2, -0.15) is 13.2 Å². The Bertz CT molecular complexity index is 685. The van der Waals surface area contributed by atoms with Gasteiger partial charge in [0.05, 0.1) is 29.7 Å². The average molecular weight is 383 g/mol. The van der Waals surface area contributed by atoms with Gasteiger partial charge in [0, 0.05) is 0 Å². The highest BCUT2D eigenvalue weighted by molar-refractivity contribution is 7.92. The van der Waals surface area contributed by atoms with Crippen molar-refractivity contribution in [2.75, 3.05) is 17.1 Å². The third kappa shape index (κ3) is 6.14. The van der Waals surface area contributed by atoms with Crippen LogP contribution in [0.2, 0.25) is 0 Å². The summed E-state index contributed by atoms with van der Waals surface area (Å²) in [6.45, 7) is 1.90. The number of hydrogen-bond acceptors (Lipinski definition) is 3. The highest BCUT2D eigenvalue weighted by atomic mass is 32.2. The summed E-state index contributed by atoms with van der Waals surface area (Å²) >= 11 is 0. The molecule has 4 nitrogen and oxygen atoms in total. The highest BCUT2D eigenvalue weighted by Crippen LogP contribution is 2.32. The maximum atomic E-state index is 13.7. The van der Waals surface area contributed by atoms with Crippen molar-refractivity contribution < 1.29 is 30.7 Å². The molecule has 1 fully saturated rings. The highest BCUT2D eigenvalue weighted by Gasteiger charge is 2.31. The number of anilines is 1. The van der Waals surface area contributed by atoms with E-state index in [1.165, 1.54) is 0 Å². The van der Waals surface area contributed by atoms with Gasteiger partial charge in [-0.05, 0) is 37.0 Å². The maximum Gasteiger partial charge on any atom is 0.416 e. The van der Waals surface area contributed by atoms with E-state index >= 15 is 0 Å². The summed E-state index contributed by atoms with van der Waals surface area (Å²) < 4.78 is 83.4. The smallest absolute Gasteiger partial charge is 0.378 e. The van der Waals surface area contributed by atoms with E-state index in [-0.39, 0.29) is 24.4 Å². The average Bonchev–Trinajstić information content (AvgIpc) is 2.99. The molecule has 1 atom stereocenters. The molecule has 0 unspecified atom stereocenters. The minimum Gasteiger partial charge on any atom is -0.378 e. The fraction of sp³-hybridized carbons (Fsp3) is 0.625. The molecule has 0 saturated heterocycles. The largest absolute Gasteiger partial charge is 0.416 e. The first-order valence-corrected chi connectivity index (χ1v) is 9.71. The standard InChI is InChI=1S/C16H21F4NO3S/c1-11(9-24-13-4-2-3-5-13)10-25(22,23)21-15-8-12(16(18,19)20)6-7-14(15)17/h6-8,11,13,21H,2-5,9-10H2,1H3/t11-/m0/s1. The Morgan fingerprint density at radius 2 is 1.92 bits per heavy atom. The van der Waals surface area contributed by atoms with Crippen molar-refractivity contribution in [1.29, 1.82) is 0 Å². The molecule has 1 aromatic carbocycles. The van der Waals surface area contributed by atoms with Crippen LogP contribution in [-0.2, 0) is 20.9 Å². The normalized spacial score (nSPS) is 17.6. The molecule has 1 saturated carbocycles. The molecular weight excluding hydrogens is 362 g/mol. The summed E-state index contributed by atoms with van der Waals surface area (Å²) in [5, 5.41) is 0. The van der Waals surface area contributed by atoms with Crippen LogP contribution in [0, 0.1) is 11.7 Å². The lowest BCUT2D eigenvalue weighted by Crippen LogP contribution is -2.26. The van der Waals surface area contributed by atoms with Crippen LogP contribution < -0.4 is 4.72 Å². The summed E-state index contributed by atoms with van der Waals surface area (Å²) in [6.07, 6.45) is -0.461. The monoisotopic (exact) mass is 383 g/mol. The first-order chi connectivity index (χ1) is 11.6. The molecule has 0 spiro atoms. The zero-order chi connectivity index (χ0) is 18.7. The first kappa shape index (κ1) is 20.0. The van der Waals surface area contributed by atoms with Crippen LogP contribution in [0.5, 0.6) is 0 Å². The van der Waals surface area contributed by atoms with Gasteiger partial charge in [0.2, 0.25) is 10.0 Å². The van der Waals surface area contributed by atoms with Crippen LogP contribution in [0.1, 0.15) is 38.2 Å². The van der Waals surface area contributed by atoms with Gasteiger partial charge in [-0.25, -0.2) is 12.8 Å². The Kier molecular flexibility index (Phi) is 6.31. The van der Waals surface area contributed by atoms with E-state index in [1.54, 1.807) is 6.92 Å². The third-order valence-corrected chi connectivity index (χ3v) is 5.52. The van der Waals surface area contributed by atoms with E-state index in [0.717, 1.165) is 25.7 Å². The predicted molar refractivity (Wildman–Crippen MR) is 86.2 cm³/mol. The van der Waals surface area contributed by atoms with Crippen LogP contribution in [0.25, 0.3) is 0 Å². The minimum atomic E-state index is -4.68. The predicted octanol–water partition coefficient (Wildman–Crippen LogP) is 4.18. The summed E-state index contributed by atoms with van der Waals surface area (Å²) in [7, 11) is -4.00. The third-order valence-electron chi connectivity index (χ3n) is 3.98. The Hall–Kier alpha value is -1.35. The fourth-order valence-corrected chi connectivity index (χ4v) is 4.19. The molecular formula is C16H21F4NO3S. The van der Waals surface area contributed by atoms with E-state index in [1.807, 2.05) is 4.72 Å². The van der Waals surface area contributed by atoms with Crippen molar-refractivity contribution in [3.05, 3.63) is 29.6 Å². The second kappa shape index (κ2) is 7.90. The lowest BCUT2D eigenvalue weighted by molar-refractivity contribution is -0.137. The van der Waals surface area contributed by atoms with Crippen LogP contribution in [0.15, 0.2) is 18.2 Å². The summed E-state index contributed by atoms with van der Waals surface area (Å²) in [5.74, 6) is -1.80. The first-order valence-electron chi connectivity index (χ1n) is 8.05. The molecule has 9 heteroatoms. The molecule has 142 valence electrons. The number of halogens is 4. The molecule has 0 amide bonds. The van der Waals surface area contributed by atoms with Gasteiger partial charge in [0.1, 0.15) is 5.82 Å². The molecule has 1 aliphatic rings. The quantitative estimate of drug-likeness (QED) is 0.719. The fourth-order valence-electron chi connectivity index (χ4n) is 2.77. The maximum absolute atomic E-state index is 13.7. The number of alkyl halides is 3. The molecule has 0 radical (unpaired) electrons. The molecule has 0 bridgehead atoms. The van der Waals surface area contributed by atoms with Crippen LogP contribution >= 0.6 is 0 Å². The van der Waals surface area contributed by atoms with Crippen LogP contribution in [0.3, 0.4) is 0 Å². The molecule has 0 aliphatic heterocycles. The van der Waals surface area contributed by atoms with Gasteiger partial charge in [-0.3, -0.25) is 4.72 Å². The second-order valence-electron chi connectivity index (χ2n) is 6.42. The molecule has 2 rings (SSSR count). The Balaban J connectivity index is 1.97. The topological polar surface area (TPSA) is 55.4 Å². The van der Waals surface area contributed by atoms with E-state index < -0.39 is 33.3 Å². The Labute approximate surface area is 144 Å². The van der Waals surface area contributed by atoms with Gasteiger partial charge < -0.3 is 4.74 Å². The van der Waals surface area contributed by atoms with E-state index in [0.29, 0.717) is 18.2 Å². The zero-order valence-electron chi connectivity index (χ0n) is 13.8. The Morgan fingerprint density at radius 3 is 2.52 bits per heavy atom. The number of hydrogen-bond donors (Lipinski definition) is 1. The number of benzene rings is 1. The van der Waals surface area contributed by atoms with Crippen molar-refractivity contribution in [2.24, 2.45) is 5.92 Å². The van der Waals surface area contributed by atoms with E-state index in [4.69, 9.17) is 4.74 Å². The minimum absolute atomic E-state index is 0.138. The van der Waals surface area contributed by atoms with Gasteiger partial charge in [0.25, 0.3) is 0 Å². The van der Waals surface area contributed by atoms with Crippen molar-refractivity contribution in [2.45, 2.75) is 44.9 Å². The van der Waals surface area contributed by atoms with E-state index in [2.05, 4.69) is 0 Å². The van der Waals surface area contributed by atoms with Crippen molar-refractivity contribution >= 4 is 15.7 Å². The van der Waals surface area contributed by atoms with E-state index in [9.17, 15) is 26.0 Å². The number of nitrogens with one attached hydrogen (secondary N) is 1.